The Morgan fingerprint density at radius 2 is 2.31 bits per heavy atom. The molecule has 0 aliphatic rings. The first-order chi connectivity index (χ1) is 6.05. The van der Waals surface area contributed by atoms with Crippen LogP contribution in [0.4, 0.5) is 5.82 Å². The van der Waals surface area contributed by atoms with Crippen molar-refractivity contribution in [1.82, 2.24) is 9.97 Å². The summed E-state index contributed by atoms with van der Waals surface area (Å²) >= 11 is 2.16. The summed E-state index contributed by atoms with van der Waals surface area (Å²) in [6.07, 6.45) is 8.58. The van der Waals surface area contributed by atoms with Crippen LogP contribution in [0.3, 0.4) is 0 Å². The molecule has 0 saturated carbocycles. The fourth-order valence-corrected chi connectivity index (χ4v) is 1.17. The van der Waals surface area contributed by atoms with Crippen molar-refractivity contribution in [2.24, 2.45) is 0 Å². The fraction of sp³-hybridized carbons (Fsp3) is 0.333. The molecule has 0 amide bonds. The normalized spacial score (nSPS) is 10.6. The topological polar surface area (TPSA) is 37.8 Å². The van der Waals surface area contributed by atoms with Gasteiger partial charge >= 0.3 is 0 Å². The van der Waals surface area contributed by atoms with E-state index < -0.39 is 0 Å². The molecule has 0 saturated heterocycles. The quantitative estimate of drug-likeness (QED) is 0.667. The second-order valence-electron chi connectivity index (χ2n) is 3.11. The maximum atomic E-state index is 5.35. The lowest BCUT2D eigenvalue weighted by Crippen LogP contribution is -2.29. The molecule has 1 heterocycles. The minimum absolute atomic E-state index is 0.381. The van der Waals surface area contributed by atoms with Crippen LogP contribution in [-0.2, 0) is 0 Å². The van der Waals surface area contributed by atoms with Gasteiger partial charge in [0.05, 0.1) is 9.11 Å². The number of nitrogens with one attached hydrogen (secondary N) is 1. The van der Waals surface area contributed by atoms with Crippen LogP contribution in [0.15, 0.2) is 12.5 Å². The first-order valence-corrected chi connectivity index (χ1v) is 4.84. The Morgan fingerprint density at radius 1 is 1.62 bits per heavy atom. The zero-order chi connectivity index (χ0) is 9.90. The maximum absolute atomic E-state index is 5.35. The molecule has 0 spiro atoms. The molecule has 1 aromatic rings. The Kier molecular flexibility index (Phi) is 3.09. The number of hydrogen-bond acceptors (Lipinski definition) is 3. The molecule has 0 unspecified atom stereocenters. The van der Waals surface area contributed by atoms with Gasteiger partial charge in [-0.15, -0.1) is 6.42 Å². The van der Waals surface area contributed by atoms with E-state index in [-0.39, 0.29) is 5.54 Å². The van der Waals surface area contributed by atoms with Crippen molar-refractivity contribution >= 4 is 28.4 Å². The van der Waals surface area contributed by atoms with E-state index in [9.17, 15) is 0 Å². The van der Waals surface area contributed by atoms with Gasteiger partial charge in [-0.25, -0.2) is 9.97 Å². The van der Waals surface area contributed by atoms with E-state index in [4.69, 9.17) is 6.42 Å². The Morgan fingerprint density at radius 3 is 2.85 bits per heavy atom. The highest BCUT2D eigenvalue weighted by Crippen LogP contribution is 2.17. The molecule has 0 atom stereocenters. The minimum Gasteiger partial charge on any atom is -0.353 e. The van der Waals surface area contributed by atoms with E-state index in [1.165, 1.54) is 6.33 Å². The van der Waals surface area contributed by atoms with Gasteiger partial charge in [0, 0.05) is 6.20 Å². The average molecular weight is 287 g/mol. The van der Waals surface area contributed by atoms with E-state index in [0.717, 1.165) is 9.39 Å². The molecule has 68 valence electrons. The molecule has 3 nitrogen and oxygen atoms in total. The summed E-state index contributed by atoms with van der Waals surface area (Å²) in [6, 6.07) is 0. The first-order valence-electron chi connectivity index (χ1n) is 3.76. The number of rotatable bonds is 2. The Bertz CT molecular complexity index is 341. The standard InChI is InChI=1S/C9H10IN3/c1-4-9(2,3)13-8-7(10)5-11-6-12-8/h1,5-6H,2-3H3,(H,11,12,13). The molecule has 0 fully saturated rings. The minimum atomic E-state index is -0.381. The summed E-state index contributed by atoms with van der Waals surface area (Å²) in [5.74, 6) is 3.42. The Hall–Kier alpha value is -0.830. The number of hydrogen-bond donors (Lipinski definition) is 1. The summed E-state index contributed by atoms with van der Waals surface area (Å²) in [5.41, 5.74) is -0.381. The zero-order valence-corrected chi connectivity index (χ0v) is 9.66. The lowest BCUT2D eigenvalue weighted by atomic mass is 10.1. The van der Waals surface area contributed by atoms with Gasteiger partial charge in [-0.3, -0.25) is 0 Å². The summed E-state index contributed by atoms with van der Waals surface area (Å²) < 4.78 is 0.962. The molecule has 1 rings (SSSR count). The van der Waals surface area contributed by atoms with Crippen molar-refractivity contribution in [1.29, 1.82) is 0 Å². The van der Waals surface area contributed by atoms with Crippen LogP contribution in [-0.4, -0.2) is 15.5 Å². The average Bonchev–Trinajstić information content (AvgIpc) is 2.09. The van der Waals surface area contributed by atoms with Gasteiger partial charge in [0.2, 0.25) is 0 Å². The molecule has 1 N–H and O–H groups in total. The number of halogens is 1. The van der Waals surface area contributed by atoms with E-state index in [1.807, 2.05) is 13.8 Å². The lowest BCUT2D eigenvalue weighted by Gasteiger charge is -2.20. The third kappa shape index (κ3) is 2.84. The molecule has 0 aliphatic heterocycles. The molecule has 0 aliphatic carbocycles. The third-order valence-electron chi connectivity index (χ3n) is 1.46. The fourth-order valence-electron chi connectivity index (χ4n) is 0.737. The molecule has 1 aromatic heterocycles. The van der Waals surface area contributed by atoms with Crippen LogP contribution in [0.2, 0.25) is 0 Å². The number of anilines is 1. The van der Waals surface area contributed by atoms with Crippen LogP contribution in [0.5, 0.6) is 0 Å². The SMILES string of the molecule is C#CC(C)(C)Nc1ncncc1I. The molecule has 0 radical (unpaired) electrons. The summed E-state index contributed by atoms with van der Waals surface area (Å²) in [6.45, 7) is 3.84. The number of nitrogens with zero attached hydrogens (tertiary/aromatic N) is 2. The van der Waals surface area contributed by atoms with Crippen molar-refractivity contribution < 1.29 is 0 Å². The van der Waals surface area contributed by atoms with Gasteiger partial charge in [0.15, 0.2) is 0 Å². The molecule has 0 aromatic carbocycles. The predicted octanol–water partition coefficient (Wildman–Crippen LogP) is 1.90. The van der Waals surface area contributed by atoms with E-state index in [0.29, 0.717) is 0 Å². The number of aromatic nitrogens is 2. The van der Waals surface area contributed by atoms with Gasteiger partial charge in [-0.1, -0.05) is 5.92 Å². The van der Waals surface area contributed by atoms with E-state index in [1.54, 1.807) is 6.20 Å². The number of terminal acetylenes is 1. The van der Waals surface area contributed by atoms with Crippen molar-refractivity contribution in [3.63, 3.8) is 0 Å². The second kappa shape index (κ2) is 3.92. The maximum Gasteiger partial charge on any atom is 0.144 e. The van der Waals surface area contributed by atoms with E-state index >= 15 is 0 Å². The van der Waals surface area contributed by atoms with Crippen molar-refractivity contribution in [2.45, 2.75) is 19.4 Å². The van der Waals surface area contributed by atoms with E-state index in [2.05, 4.69) is 43.8 Å². The highest BCUT2D eigenvalue weighted by atomic mass is 127. The van der Waals surface area contributed by atoms with Gasteiger partial charge in [-0.2, -0.15) is 0 Å². The molecule has 4 heteroatoms. The molecular formula is C9H10IN3. The monoisotopic (exact) mass is 287 g/mol. The highest BCUT2D eigenvalue weighted by Gasteiger charge is 2.14. The summed E-state index contributed by atoms with van der Waals surface area (Å²) in [4.78, 5) is 7.98. The second-order valence-corrected chi connectivity index (χ2v) is 4.28. The Labute approximate surface area is 91.5 Å². The Balaban J connectivity index is 2.88. The third-order valence-corrected chi connectivity index (χ3v) is 2.25. The van der Waals surface area contributed by atoms with Crippen LogP contribution in [0.25, 0.3) is 0 Å². The summed E-state index contributed by atoms with van der Waals surface area (Å²) in [7, 11) is 0. The van der Waals surface area contributed by atoms with Gasteiger partial charge < -0.3 is 5.32 Å². The predicted molar refractivity (Wildman–Crippen MR) is 61.3 cm³/mol. The van der Waals surface area contributed by atoms with Crippen LogP contribution in [0.1, 0.15) is 13.8 Å². The van der Waals surface area contributed by atoms with Crippen molar-refractivity contribution in [2.75, 3.05) is 5.32 Å². The van der Waals surface area contributed by atoms with Crippen molar-refractivity contribution in [3.8, 4) is 12.3 Å². The van der Waals surface area contributed by atoms with Gasteiger partial charge in [0.1, 0.15) is 12.1 Å². The van der Waals surface area contributed by atoms with Crippen LogP contribution in [0, 0.1) is 15.9 Å². The van der Waals surface area contributed by atoms with Gasteiger partial charge in [0.25, 0.3) is 0 Å². The summed E-state index contributed by atoms with van der Waals surface area (Å²) in [5, 5.41) is 3.14. The molecular weight excluding hydrogens is 277 g/mol. The first kappa shape index (κ1) is 10.3. The molecule has 0 bridgehead atoms. The highest BCUT2D eigenvalue weighted by molar-refractivity contribution is 14.1. The van der Waals surface area contributed by atoms with Crippen molar-refractivity contribution in [3.05, 3.63) is 16.1 Å². The van der Waals surface area contributed by atoms with Crippen LogP contribution >= 0.6 is 22.6 Å². The zero-order valence-electron chi connectivity index (χ0n) is 7.50. The van der Waals surface area contributed by atoms with Crippen LogP contribution < -0.4 is 5.32 Å². The lowest BCUT2D eigenvalue weighted by molar-refractivity contribution is 0.734. The smallest absolute Gasteiger partial charge is 0.144 e. The molecule has 13 heavy (non-hydrogen) atoms. The van der Waals surface area contributed by atoms with Gasteiger partial charge in [-0.05, 0) is 36.4 Å². The largest absolute Gasteiger partial charge is 0.353 e.